The molecule has 1 heterocycles. The van der Waals surface area contributed by atoms with Crippen molar-refractivity contribution in [2.75, 3.05) is 0 Å². The molecule has 8 heavy (non-hydrogen) atoms. The molecule has 0 radical (unpaired) electrons. The minimum atomic E-state index is -0.380. The van der Waals surface area contributed by atoms with E-state index in [2.05, 4.69) is 4.74 Å². The third-order valence-corrected chi connectivity index (χ3v) is 1.40. The molecular weight excluding hydrogens is 223 g/mol. The lowest BCUT2D eigenvalue weighted by Gasteiger charge is -1.94. The highest BCUT2D eigenvalue weighted by Crippen LogP contribution is 2.17. The zero-order chi connectivity index (χ0) is 6.15. The van der Waals surface area contributed by atoms with Gasteiger partial charge in [0.1, 0.15) is 0 Å². The predicted molar refractivity (Wildman–Crippen MR) is 34.4 cm³/mol. The van der Waals surface area contributed by atoms with Gasteiger partial charge in [0.15, 0.2) is 6.10 Å². The first-order valence-corrected chi connectivity index (χ1v) is 3.45. The van der Waals surface area contributed by atoms with Gasteiger partial charge >= 0.3 is 5.97 Å². The predicted octanol–water partition coefficient (Wildman–Crippen LogP) is 0.667. The highest BCUT2D eigenvalue weighted by molar-refractivity contribution is 14.1. The molecule has 0 saturated carbocycles. The van der Waals surface area contributed by atoms with Crippen LogP contribution in [0.1, 0.15) is 6.92 Å². The molecular formula is C4H5IO3. The van der Waals surface area contributed by atoms with Gasteiger partial charge < -0.3 is 9.47 Å². The maximum atomic E-state index is 10.4. The highest BCUT2D eigenvalue weighted by atomic mass is 127. The SMILES string of the molecule is CC1OC(I)OC1=O. The van der Waals surface area contributed by atoms with Gasteiger partial charge in [-0.3, -0.25) is 0 Å². The third kappa shape index (κ3) is 1.11. The minimum Gasteiger partial charge on any atom is -0.424 e. The Labute approximate surface area is 60.5 Å². The van der Waals surface area contributed by atoms with Gasteiger partial charge in [-0.05, 0) is 29.5 Å². The summed E-state index contributed by atoms with van der Waals surface area (Å²) in [6.07, 6.45) is -0.378. The number of esters is 1. The number of hydrogen-bond donors (Lipinski definition) is 0. The van der Waals surface area contributed by atoms with Crippen LogP contribution in [-0.2, 0) is 14.3 Å². The molecule has 1 saturated heterocycles. The molecule has 1 aliphatic heterocycles. The van der Waals surface area contributed by atoms with E-state index in [-0.39, 0.29) is 16.4 Å². The molecule has 0 bridgehead atoms. The van der Waals surface area contributed by atoms with Crippen LogP contribution in [0.3, 0.4) is 0 Å². The van der Waals surface area contributed by atoms with Crippen molar-refractivity contribution in [3.05, 3.63) is 0 Å². The minimum absolute atomic E-state index is 0.274. The molecule has 0 aliphatic carbocycles. The molecule has 1 aliphatic rings. The molecule has 0 aromatic rings. The van der Waals surface area contributed by atoms with Crippen LogP contribution in [0.4, 0.5) is 0 Å². The molecule has 3 nitrogen and oxygen atoms in total. The summed E-state index contributed by atoms with van der Waals surface area (Å²) in [5.74, 6) is -0.274. The second-order valence-electron chi connectivity index (χ2n) is 1.49. The molecule has 0 aromatic heterocycles. The number of alkyl halides is 1. The number of cyclic esters (lactones) is 1. The fourth-order valence-electron chi connectivity index (χ4n) is 0.431. The molecule has 4 heteroatoms. The van der Waals surface area contributed by atoms with Crippen molar-refractivity contribution in [1.29, 1.82) is 0 Å². The van der Waals surface area contributed by atoms with Crippen LogP contribution in [-0.4, -0.2) is 16.4 Å². The Hall–Kier alpha value is 0.160. The quantitative estimate of drug-likeness (QED) is 0.347. The maximum absolute atomic E-state index is 10.4. The first-order valence-electron chi connectivity index (χ1n) is 2.20. The Balaban J connectivity index is 2.51. The Morgan fingerprint density at radius 1 is 1.75 bits per heavy atom. The summed E-state index contributed by atoms with van der Waals surface area (Å²) in [6, 6.07) is 0. The summed E-state index contributed by atoms with van der Waals surface area (Å²) >= 11 is 1.90. The van der Waals surface area contributed by atoms with E-state index in [1.165, 1.54) is 0 Å². The summed E-state index contributed by atoms with van der Waals surface area (Å²) in [5.41, 5.74) is 0. The Bertz CT molecular complexity index is 114. The average Bonchev–Trinajstić information content (AvgIpc) is 1.85. The van der Waals surface area contributed by atoms with Crippen molar-refractivity contribution >= 4 is 28.6 Å². The fourth-order valence-corrected chi connectivity index (χ4v) is 1.12. The van der Waals surface area contributed by atoms with E-state index in [0.29, 0.717) is 0 Å². The molecule has 46 valence electrons. The van der Waals surface area contributed by atoms with E-state index < -0.39 is 0 Å². The summed E-state index contributed by atoms with van der Waals surface area (Å²) in [5, 5.41) is 0. The number of carbonyl (C=O) groups excluding carboxylic acids is 1. The number of rotatable bonds is 0. The maximum Gasteiger partial charge on any atom is 0.338 e. The van der Waals surface area contributed by atoms with Gasteiger partial charge in [0, 0.05) is 0 Å². The number of ether oxygens (including phenoxy) is 2. The fraction of sp³-hybridized carbons (Fsp3) is 0.750. The molecule has 2 unspecified atom stereocenters. The van der Waals surface area contributed by atoms with E-state index in [1.54, 1.807) is 6.92 Å². The van der Waals surface area contributed by atoms with Crippen molar-refractivity contribution in [1.82, 2.24) is 0 Å². The van der Waals surface area contributed by atoms with E-state index in [9.17, 15) is 4.79 Å². The van der Waals surface area contributed by atoms with Crippen LogP contribution in [0.2, 0.25) is 0 Å². The second kappa shape index (κ2) is 2.18. The van der Waals surface area contributed by atoms with Gasteiger partial charge in [0.05, 0.1) is 0 Å². The number of halogens is 1. The standard InChI is InChI=1S/C4H5IO3/c1-2-3(6)8-4(5)7-2/h2,4H,1H3. The van der Waals surface area contributed by atoms with Gasteiger partial charge in [-0.1, -0.05) is 0 Å². The van der Waals surface area contributed by atoms with Crippen LogP contribution < -0.4 is 0 Å². The van der Waals surface area contributed by atoms with E-state index >= 15 is 0 Å². The highest BCUT2D eigenvalue weighted by Gasteiger charge is 2.29. The van der Waals surface area contributed by atoms with Crippen LogP contribution in [0, 0.1) is 0 Å². The molecule has 0 amide bonds. The van der Waals surface area contributed by atoms with Gasteiger partial charge in [-0.25, -0.2) is 4.79 Å². The van der Waals surface area contributed by atoms with E-state index in [1.807, 2.05) is 22.6 Å². The summed E-state index contributed by atoms with van der Waals surface area (Å²) in [6.45, 7) is 1.67. The van der Waals surface area contributed by atoms with Crippen molar-refractivity contribution in [3.63, 3.8) is 0 Å². The van der Waals surface area contributed by atoms with Gasteiger partial charge in [0.25, 0.3) is 4.30 Å². The normalized spacial score (nSPS) is 37.5. The molecule has 2 atom stereocenters. The third-order valence-electron chi connectivity index (χ3n) is 0.852. The molecule has 1 fully saturated rings. The summed E-state index contributed by atoms with van der Waals surface area (Å²) in [4.78, 5) is 10.4. The van der Waals surface area contributed by atoms with Crippen LogP contribution in [0.25, 0.3) is 0 Å². The first-order chi connectivity index (χ1) is 3.70. The van der Waals surface area contributed by atoms with Crippen molar-refractivity contribution < 1.29 is 14.3 Å². The first kappa shape index (κ1) is 6.28. The topological polar surface area (TPSA) is 35.5 Å². The summed E-state index contributed by atoms with van der Waals surface area (Å²) in [7, 11) is 0. The van der Waals surface area contributed by atoms with E-state index in [0.717, 1.165) is 0 Å². The van der Waals surface area contributed by atoms with Gasteiger partial charge in [0.2, 0.25) is 0 Å². The van der Waals surface area contributed by atoms with Crippen molar-refractivity contribution in [2.24, 2.45) is 0 Å². The number of hydrogen-bond acceptors (Lipinski definition) is 3. The molecule has 0 aromatic carbocycles. The lowest BCUT2D eigenvalue weighted by Crippen LogP contribution is -2.09. The largest absolute Gasteiger partial charge is 0.424 e. The van der Waals surface area contributed by atoms with Crippen molar-refractivity contribution in [2.45, 2.75) is 17.3 Å². The molecule has 0 N–H and O–H groups in total. The average molecular weight is 228 g/mol. The van der Waals surface area contributed by atoms with Gasteiger partial charge in [-0.2, -0.15) is 0 Å². The smallest absolute Gasteiger partial charge is 0.338 e. The Morgan fingerprint density at radius 3 is 2.50 bits per heavy atom. The Kier molecular flexibility index (Phi) is 1.71. The lowest BCUT2D eigenvalue weighted by molar-refractivity contribution is -0.139. The number of carbonyl (C=O) groups is 1. The van der Waals surface area contributed by atoms with Crippen molar-refractivity contribution in [3.8, 4) is 0 Å². The second-order valence-corrected chi connectivity index (χ2v) is 2.51. The van der Waals surface area contributed by atoms with Crippen LogP contribution in [0.15, 0.2) is 0 Å². The molecule has 0 spiro atoms. The van der Waals surface area contributed by atoms with Crippen LogP contribution in [0.5, 0.6) is 0 Å². The van der Waals surface area contributed by atoms with E-state index in [4.69, 9.17) is 4.74 Å². The lowest BCUT2D eigenvalue weighted by atomic mass is 10.4. The molecule has 1 rings (SSSR count). The van der Waals surface area contributed by atoms with Crippen LogP contribution >= 0.6 is 22.6 Å². The zero-order valence-corrected chi connectivity index (χ0v) is 6.41. The zero-order valence-electron chi connectivity index (χ0n) is 4.26. The summed E-state index contributed by atoms with van der Waals surface area (Å²) < 4.78 is 9.11. The monoisotopic (exact) mass is 228 g/mol. The van der Waals surface area contributed by atoms with Gasteiger partial charge in [-0.15, -0.1) is 0 Å². The Morgan fingerprint density at radius 2 is 2.38 bits per heavy atom.